The number of allylic oxidation sites excluding steroid dienone is 1. The SMILES string of the molecule is FC1CC=C(N2CCN(C3N=CC(C(F)(F)F)CC3Cl)CC2)C2NONC12. The number of aliphatic imine (C=N–C) groups is 1. The minimum atomic E-state index is -4.30. The van der Waals surface area contributed by atoms with Crippen LogP contribution in [0.25, 0.3) is 0 Å². The first kappa shape index (κ1) is 19.4. The highest BCUT2D eigenvalue weighted by Gasteiger charge is 2.45. The van der Waals surface area contributed by atoms with Gasteiger partial charge in [0.05, 0.1) is 23.4 Å². The molecule has 0 aromatic rings. The second kappa shape index (κ2) is 7.47. The van der Waals surface area contributed by atoms with E-state index in [1.807, 2.05) is 11.0 Å². The van der Waals surface area contributed by atoms with E-state index in [-0.39, 0.29) is 12.5 Å². The molecule has 11 heteroatoms. The third-order valence-electron chi connectivity index (χ3n) is 5.70. The molecule has 0 saturated carbocycles. The van der Waals surface area contributed by atoms with Gasteiger partial charge in [0.25, 0.3) is 0 Å². The summed E-state index contributed by atoms with van der Waals surface area (Å²) in [5.41, 5.74) is 6.47. The van der Waals surface area contributed by atoms with Crippen LogP contribution in [0.2, 0.25) is 0 Å². The van der Waals surface area contributed by atoms with Crippen molar-refractivity contribution < 1.29 is 22.5 Å². The van der Waals surface area contributed by atoms with E-state index in [9.17, 15) is 17.6 Å². The molecule has 0 amide bonds. The lowest BCUT2D eigenvalue weighted by Gasteiger charge is -2.44. The van der Waals surface area contributed by atoms with Crippen molar-refractivity contribution >= 4 is 17.8 Å². The van der Waals surface area contributed by atoms with Gasteiger partial charge >= 0.3 is 6.18 Å². The Morgan fingerprint density at radius 1 is 1.19 bits per heavy atom. The highest BCUT2D eigenvalue weighted by Crippen LogP contribution is 2.35. The highest BCUT2D eigenvalue weighted by molar-refractivity contribution is 6.21. The molecule has 6 nitrogen and oxygen atoms in total. The largest absolute Gasteiger partial charge is 0.396 e. The molecule has 0 radical (unpaired) electrons. The number of nitrogens with zero attached hydrogens (tertiary/aromatic N) is 3. The van der Waals surface area contributed by atoms with Gasteiger partial charge < -0.3 is 4.90 Å². The van der Waals surface area contributed by atoms with Crippen LogP contribution in [0, 0.1) is 5.92 Å². The van der Waals surface area contributed by atoms with Crippen LogP contribution >= 0.6 is 11.6 Å². The smallest absolute Gasteiger partial charge is 0.371 e. The zero-order valence-corrected chi connectivity index (χ0v) is 15.3. The van der Waals surface area contributed by atoms with Gasteiger partial charge in [0.1, 0.15) is 12.3 Å². The Bertz CT molecular complexity index is 610. The summed E-state index contributed by atoms with van der Waals surface area (Å²) in [5.74, 6) is -1.57. The van der Waals surface area contributed by atoms with Crippen molar-refractivity contribution in [3.05, 3.63) is 11.8 Å². The maximum atomic E-state index is 14.0. The number of hydrogen-bond acceptors (Lipinski definition) is 6. The summed E-state index contributed by atoms with van der Waals surface area (Å²) in [6.07, 6.45) is -2.69. The molecule has 4 rings (SSSR count). The van der Waals surface area contributed by atoms with E-state index in [1.165, 1.54) is 0 Å². The summed E-state index contributed by atoms with van der Waals surface area (Å²) in [6.45, 7) is 2.60. The highest BCUT2D eigenvalue weighted by atomic mass is 35.5. The van der Waals surface area contributed by atoms with Crippen LogP contribution in [0.3, 0.4) is 0 Å². The lowest BCUT2D eigenvalue weighted by atomic mass is 9.92. The van der Waals surface area contributed by atoms with Crippen LogP contribution in [-0.2, 0) is 4.94 Å². The normalized spacial score (nSPS) is 40.8. The summed E-state index contributed by atoms with van der Waals surface area (Å²) >= 11 is 6.23. The fourth-order valence-corrected chi connectivity index (χ4v) is 4.58. The van der Waals surface area contributed by atoms with Gasteiger partial charge in [-0.3, -0.25) is 9.89 Å². The molecule has 152 valence electrons. The van der Waals surface area contributed by atoms with Crippen LogP contribution in [0.4, 0.5) is 17.6 Å². The Labute approximate surface area is 159 Å². The molecule has 0 spiro atoms. The Kier molecular flexibility index (Phi) is 5.36. The van der Waals surface area contributed by atoms with E-state index in [4.69, 9.17) is 16.5 Å². The molecule has 6 atom stereocenters. The predicted octanol–water partition coefficient (Wildman–Crippen LogP) is 1.59. The second-order valence-electron chi connectivity index (χ2n) is 7.36. The zero-order chi connectivity index (χ0) is 19.2. The Balaban J connectivity index is 1.37. The number of piperazine rings is 1. The first-order valence-electron chi connectivity index (χ1n) is 9.08. The molecule has 2 fully saturated rings. The summed E-state index contributed by atoms with van der Waals surface area (Å²) in [7, 11) is 0. The van der Waals surface area contributed by atoms with Gasteiger partial charge in [-0.25, -0.2) is 9.33 Å². The fourth-order valence-electron chi connectivity index (χ4n) is 4.16. The molecule has 1 aliphatic carbocycles. The van der Waals surface area contributed by atoms with Gasteiger partial charge in [0.15, 0.2) is 0 Å². The van der Waals surface area contributed by atoms with Gasteiger partial charge in [-0.05, 0) is 6.42 Å². The summed E-state index contributed by atoms with van der Waals surface area (Å²) in [6, 6.07) is -0.668. The number of fused-ring (bicyclic) bond motifs is 1. The molecule has 2 saturated heterocycles. The molecule has 0 bridgehead atoms. The van der Waals surface area contributed by atoms with Gasteiger partial charge in [0.2, 0.25) is 0 Å². The van der Waals surface area contributed by atoms with E-state index in [0.717, 1.165) is 11.9 Å². The number of nitrogens with one attached hydrogen (secondary N) is 2. The average molecular weight is 412 g/mol. The van der Waals surface area contributed by atoms with Gasteiger partial charge in [-0.15, -0.1) is 11.6 Å². The Hall–Kier alpha value is -0.940. The Morgan fingerprint density at radius 3 is 2.59 bits per heavy atom. The third-order valence-corrected chi connectivity index (χ3v) is 6.10. The van der Waals surface area contributed by atoms with Crippen LogP contribution in [0.5, 0.6) is 0 Å². The molecule has 0 aromatic carbocycles. The van der Waals surface area contributed by atoms with Crippen molar-refractivity contribution in [2.75, 3.05) is 26.2 Å². The van der Waals surface area contributed by atoms with E-state index in [2.05, 4.69) is 20.9 Å². The second-order valence-corrected chi connectivity index (χ2v) is 7.92. The van der Waals surface area contributed by atoms with E-state index < -0.39 is 35.9 Å². The monoisotopic (exact) mass is 411 g/mol. The molecule has 2 N–H and O–H groups in total. The number of halogens is 5. The van der Waals surface area contributed by atoms with Crippen LogP contribution in [0.15, 0.2) is 16.8 Å². The molecule has 27 heavy (non-hydrogen) atoms. The van der Waals surface area contributed by atoms with Gasteiger partial charge in [-0.2, -0.15) is 24.1 Å². The van der Waals surface area contributed by atoms with E-state index in [0.29, 0.717) is 32.6 Å². The molecule has 3 heterocycles. The van der Waals surface area contributed by atoms with Crippen molar-refractivity contribution in [1.29, 1.82) is 0 Å². The van der Waals surface area contributed by atoms with Gasteiger partial charge in [-0.1, -0.05) is 6.08 Å². The first-order chi connectivity index (χ1) is 12.8. The average Bonchev–Trinajstić information content (AvgIpc) is 3.12. The summed E-state index contributed by atoms with van der Waals surface area (Å²) < 4.78 is 52.5. The molecular formula is C16H22ClF4N5O. The Morgan fingerprint density at radius 2 is 1.93 bits per heavy atom. The quantitative estimate of drug-likeness (QED) is 0.534. The van der Waals surface area contributed by atoms with Crippen molar-refractivity contribution in [3.8, 4) is 0 Å². The number of hydrogen-bond donors (Lipinski definition) is 2. The summed E-state index contributed by atoms with van der Waals surface area (Å²) in [4.78, 5) is 13.3. The lowest BCUT2D eigenvalue weighted by Crippen LogP contribution is -2.56. The minimum Gasteiger partial charge on any atom is -0.371 e. The molecular weight excluding hydrogens is 390 g/mol. The van der Waals surface area contributed by atoms with Crippen molar-refractivity contribution in [3.63, 3.8) is 0 Å². The first-order valence-corrected chi connectivity index (χ1v) is 9.52. The molecule has 3 aliphatic heterocycles. The van der Waals surface area contributed by atoms with Crippen molar-refractivity contribution in [1.82, 2.24) is 20.8 Å². The lowest BCUT2D eigenvalue weighted by molar-refractivity contribution is -0.157. The van der Waals surface area contributed by atoms with Crippen LogP contribution in [0.1, 0.15) is 12.8 Å². The summed E-state index contributed by atoms with van der Waals surface area (Å²) in [5, 5.41) is -0.673. The molecule has 0 aromatic heterocycles. The van der Waals surface area contributed by atoms with E-state index >= 15 is 0 Å². The standard InChI is InChI=1S/C16H22ClF4N5O/c17-10-7-9(16(19,20)21)8-22-15(10)26-5-3-25(4-6-26)12-2-1-11(18)13-14(12)24-27-23-13/h2,8-11,13-15,23-24H,1,3-7H2. The predicted molar refractivity (Wildman–Crippen MR) is 91.8 cm³/mol. The van der Waals surface area contributed by atoms with Crippen LogP contribution < -0.4 is 11.0 Å². The maximum Gasteiger partial charge on any atom is 0.396 e. The number of rotatable bonds is 2. The van der Waals surface area contributed by atoms with E-state index in [1.54, 1.807) is 0 Å². The minimum absolute atomic E-state index is 0.154. The topological polar surface area (TPSA) is 52.1 Å². The maximum absolute atomic E-state index is 14.0. The van der Waals surface area contributed by atoms with Crippen LogP contribution in [-0.4, -0.2) is 78.2 Å². The number of alkyl halides is 5. The van der Waals surface area contributed by atoms with Gasteiger partial charge in [0, 0.05) is 44.5 Å². The van der Waals surface area contributed by atoms with Crippen molar-refractivity contribution in [2.24, 2.45) is 10.9 Å². The molecule has 6 unspecified atom stereocenters. The third kappa shape index (κ3) is 3.82. The molecule has 4 aliphatic rings. The van der Waals surface area contributed by atoms with Crippen molar-refractivity contribution in [2.45, 2.75) is 48.8 Å². The fraction of sp³-hybridized carbons (Fsp3) is 0.812. The number of hydroxylamine groups is 2. The zero-order valence-electron chi connectivity index (χ0n) is 14.5.